The summed E-state index contributed by atoms with van der Waals surface area (Å²) < 4.78 is 7.32. The summed E-state index contributed by atoms with van der Waals surface area (Å²) in [6.07, 6.45) is 3.20. The third-order valence-electron chi connectivity index (χ3n) is 2.39. The molecular weight excluding hydrogens is 202 g/mol. The van der Waals surface area contributed by atoms with Gasteiger partial charge in [-0.1, -0.05) is 13.8 Å². The fourth-order valence-electron chi connectivity index (χ4n) is 1.74. The van der Waals surface area contributed by atoms with E-state index in [1.807, 2.05) is 6.92 Å². The number of nitrogens with zero attached hydrogens (tertiary/aromatic N) is 2. The first-order valence-corrected chi connectivity index (χ1v) is 5.94. The third kappa shape index (κ3) is 3.85. The van der Waals surface area contributed by atoms with Crippen molar-refractivity contribution in [2.75, 3.05) is 25.6 Å². The first-order valence-electron chi connectivity index (χ1n) is 5.94. The van der Waals surface area contributed by atoms with Gasteiger partial charge in [-0.25, -0.2) is 4.98 Å². The highest BCUT2D eigenvalue weighted by molar-refractivity contribution is 5.28. The molecule has 0 saturated carbocycles. The normalized spacial score (nSPS) is 12.8. The van der Waals surface area contributed by atoms with Gasteiger partial charge in [0, 0.05) is 26.4 Å². The number of ether oxygens (including phenoxy) is 1. The van der Waals surface area contributed by atoms with E-state index in [4.69, 9.17) is 4.74 Å². The quantitative estimate of drug-likeness (QED) is 0.774. The molecule has 1 unspecified atom stereocenters. The summed E-state index contributed by atoms with van der Waals surface area (Å²) in [5.41, 5.74) is 1.06. The van der Waals surface area contributed by atoms with Crippen molar-refractivity contribution in [3.8, 4) is 0 Å². The second-order valence-electron chi connectivity index (χ2n) is 4.35. The second-order valence-corrected chi connectivity index (χ2v) is 4.35. The van der Waals surface area contributed by atoms with Gasteiger partial charge in [0.2, 0.25) is 5.95 Å². The number of hydrogen-bond donors (Lipinski definition) is 1. The van der Waals surface area contributed by atoms with Crippen LogP contribution in [0.3, 0.4) is 0 Å². The fraction of sp³-hybridized carbons (Fsp3) is 0.750. The Balaban J connectivity index is 2.62. The summed E-state index contributed by atoms with van der Waals surface area (Å²) in [5.74, 6) is 1.48. The van der Waals surface area contributed by atoms with Gasteiger partial charge in [-0.3, -0.25) is 0 Å². The van der Waals surface area contributed by atoms with Crippen LogP contribution in [-0.4, -0.2) is 29.8 Å². The topological polar surface area (TPSA) is 39.1 Å². The minimum atomic E-state index is 0.501. The first-order chi connectivity index (χ1) is 7.67. The largest absolute Gasteiger partial charge is 0.384 e. The van der Waals surface area contributed by atoms with Gasteiger partial charge in [0.25, 0.3) is 0 Å². The zero-order valence-corrected chi connectivity index (χ0v) is 10.8. The standard InChI is InChI=1S/C12H23N3O/c1-5-6-13-12-14-11(3)8-15(12)7-10(2)9-16-4/h8,10H,5-7,9H2,1-4H3,(H,13,14). The maximum atomic E-state index is 5.15. The Bertz CT molecular complexity index is 309. The number of anilines is 1. The van der Waals surface area contributed by atoms with Gasteiger partial charge in [0.1, 0.15) is 0 Å². The van der Waals surface area contributed by atoms with Crippen molar-refractivity contribution >= 4 is 5.95 Å². The van der Waals surface area contributed by atoms with Crippen LogP contribution in [0.25, 0.3) is 0 Å². The second kappa shape index (κ2) is 6.53. The Morgan fingerprint density at radius 2 is 2.31 bits per heavy atom. The molecule has 0 amide bonds. The highest BCUT2D eigenvalue weighted by Crippen LogP contribution is 2.11. The zero-order valence-electron chi connectivity index (χ0n) is 10.8. The van der Waals surface area contributed by atoms with Gasteiger partial charge in [-0.15, -0.1) is 0 Å². The minimum absolute atomic E-state index is 0.501. The van der Waals surface area contributed by atoms with Gasteiger partial charge in [0.05, 0.1) is 12.3 Å². The van der Waals surface area contributed by atoms with E-state index in [2.05, 4.69) is 34.9 Å². The number of nitrogens with one attached hydrogen (secondary N) is 1. The molecule has 0 radical (unpaired) electrons. The number of aryl methyl sites for hydroxylation is 1. The molecule has 1 N–H and O–H groups in total. The predicted molar refractivity (Wildman–Crippen MR) is 66.8 cm³/mol. The molecule has 0 saturated heterocycles. The van der Waals surface area contributed by atoms with Gasteiger partial charge in [0.15, 0.2) is 0 Å². The highest BCUT2D eigenvalue weighted by atomic mass is 16.5. The molecule has 1 aromatic heterocycles. The van der Waals surface area contributed by atoms with Crippen LogP contribution in [0.4, 0.5) is 5.95 Å². The average Bonchev–Trinajstić information content (AvgIpc) is 2.56. The van der Waals surface area contributed by atoms with Gasteiger partial charge < -0.3 is 14.6 Å². The lowest BCUT2D eigenvalue weighted by atomic mass is 10.2. The van der Waals surface area contributed by atoms with Crippen molar-refractivity contribution in [2.24, 2.45) is 5.92 Å². The predicted octanol–water partition coefficient (Wildman–Crippen LogP) is 2.30. The van der Waals surface area contributed by atoms with Crippen molar-refractivity contribution in [3.05, 3.63) is 11.9 Å². The third-order valence-corrected chi connectivity index (χ3v) is 2.39. The summed E-state index contributed by atoms with van der Waals surface area (Å²) in [6, 6.07) is 0. The molecular formula is C12H23N3O. The molecule has 0 aliphatic rings. The molecule has 4 nitrogen and oxygen atoms in total. The van der Waals surface area contributed by atoms with Gasteiger partial charge in [-0.05, 0) is 19.3 Å². The van der Waals surface area contributed by atoms with Gasteiger partial charge >= 0.3 is 0 Å². The lowest BCUT2D eigenvalue weighted by Crippen LogP contribution is -2.15. The summed E-state index contributed by atoms with van der Waals surface area (Å²) in [7, 11) is 1.74. The van der Waals surface area contributed by atoms with E-state index < -0.39 is 0 Å². The molecule has 0 aliphatic carbocycles. The highest BCUT2D eigenvalue weighted by Gasteiger charge is 2.08. The Hall–Kier alpha value is -1.03. The number of methoxy groups -OCH3 is 1. The fourth-order valence-corrected chi connectivity index (χ4v) is 1.74. The zero-order chi connectivity index (χ0) is 12.0. The molecule has 1 aromatic rings. The van der Waals surface area contributed by atoms with Gasteiger partial charge in [-0.2, -0.15) is 0 Å². The van der Waals surface area contributed by atoms with E-state index in [1.165, 1.54) is 0 Å². The number of rotatable bonds is 7. The summed E-state index contributed by atoms with van der Waals surface area (Å²) in [4.78, 5) is 4.47. The maximum Gasteiger partial charge on any atom is 0.203 e. The first kappa shape index (κ1) is 13.0. The van der Waals surface area contributed by atoms with E-state index in [0.29, 0.717) is 5.92 Å². The van der Waals surface area contributed by atoms with E-state index >= 15 is 0 Å². The van der Waals surface area contributed by atoms with Crippen LogP contribution >= 0.6 is 0 Å². The number of hydrogen-bond acceptors (Lipinski definition) is 3. The molecule has 0 aliphatic heterocycles. The maximum absolute atomic E-state index is 5.15. The number of aromatic nitrogens is 2. The SMILES string of the molecule is CCCNc1nc(C)cn1CC(C)COC. The van der Waals surface area contributed by atoms with Crippen molar-refractivity contribution in [1.29, 1.82) is 0 Å². The molecule has 92 valence electrons. The Morgan fingerprint density at radius 3 is 2.94 bits per heavy atom. The lowest BCUT2D eigenvalue weighted by Gasteiger charge is -2.13. The molecule has 0 fully saturated rings. The van der Waals surface area contributed by atoms with Crippen LogP contribution in [0.15, 0.2) is 6.20 Å². The molecule has 4 heteroatoms. The van der Waals surface area contributed by atoms with Crippen LogP contribution in [0.1, 0.15) is 26.0 Å². The van der Waals surface area contributed by atoms with Crippen LogP contribution in [0.2, 0.25) is 0 Å². The van der Waals surface area contributed by atoms with E-state index in [1.54, 1.807) is 7.11 Å². The van der Waals surface area contributed by atoms with Crippen LogP contribution in [0, 0.1) is 12.8 Å². The van der Waals surface area contributed by atoms with E-state index in [9.17, 15) is 0 Å². The summed E-state index contributed by atoms with van der Waals surface area (Å²) in [5, 5.41) is 3.34. The molecule has 0 bridgehead atoms. The monoisotopic (exact) mass is 225 g/mol. The Kier molecular flexibility index (Phi) is 5.32. The molecule has 16 heavy (non-hydrogen) atoms. The summed E-state index contributed by atoms with van der Waals surface area (Å²) >= 11 is 0. The minimum Gasteiger partial charge on any atom is -0.384 e. The van der Waals surface area contributed by atoms with Crippen LogP contribution in [0.5, 0.6) is 0 Å². The van der Waals surface area contributed by atoms with Crippen LogP contribution < -0.4 is 5.32 Å². The van der Waals surface area contributed by atoms with E-state index in [-0.39, 0.29) is 0 Å². The number of imidazole rings is 1. The van der Waals surface area contributed by atoms with Crippen molar-refractivity contribution in [2.45, 2.75) is 33.7 Å². The Labute approximate surface area is 98.0 Å². The average molecular weight is 225 g/mol. The van der Waals surface area contributed by atoms with E-state index in [0.717, 1.165) is 37.8 Å². The van der Waals surface area contributed by atoms with Crippen molar-refractivity contribution < 1.29 is 4.74 Å². The molecule has 0 aromatic carbocycles. The Morgan fingerprint density at radius 1 is 1.56 bits per heavy atom. The summed E-state index contributed by atoms with van der Waals surface area (Å²) in [6.45, 7) is 9.05. The van der Waals surface area contributed by atoms with Crippen molar-refractivity contribution in [1.82, 2.24) is 9.55 Å². The van der Waals surface area contributed by atoms with Crippen LogP contribution in [-0.2, 0) is 11.3 Å². The molecule has 1 atom stereocenters. The molecule has 1 rings (SSSR count). The molecule has 1 heterocycles. The molecule has 0 spiro atoms. The van der Waals surface area contributed by atoms with Crippen molar-refractivity contribution in [3.63, 3.8) is 0 Å². The smallest absolute Gasteiger partial charge is 0.203 e. The lowest BCUT2D eigenvalue weighted by molar-refractivity contribution is 0.151.